The van der Waals surface area contributed by atoms with Gasteiger partial charge in [0.2, 0.25) is 0 Å². The highest BCUT2D eigenvalue weighted by atomic mass is 35.5. The number of aromatic nitrogens is 2. The van der Waals surface area contributed by atoms with Crippen molar-refractivity contribution in [3.8, 4) is 11.8 Å². The molecule has 0 spiro atoms. The molecule has 1 aromatic heterocycles. The Kier molecular flexibility index (Phi) is 3.20. The first-order chi connectivity index (χ1) is 8.47. The predicted octanol–water partition coefficient (Wildman–Crippen LogP) is 2.66. The summed E-state index contributed by atoms with van der Waals surface area (Å²) in [7, 11) is 1.61. The van der Waals surface area contributed by atoms with Crippen molar-refractivity contribution < 1.29 is 0 Å². The number of benzene rings is 1. The van der Waals surface area contributed by atoms with Gasteiger partial charge in [0.25, 0.3) is 0 Å². The first-order valence-corrected chi connectivity index (χ1v) is 5.86. The van der Waals surface area contributed by atoms with Crippen LogP contribution in [0.4, 0.5) is 0 Å². The molecule has 0 aliphatic carbocycles. The molecule has 92 valence electrons. The van der Waals surface area contributed by atoms with Crippen molar-refractivity contribution in [1.82, 2.24) is 9.13 Å². The van der Waals surface area contributed by atoms with Gasteiger partial charge in [-0.2, -0.15) is 5.26 Å². The molecular formula is C12H9Cl2N3O. The maximum atomic E-state index is 12.1. The lowest BCUT2D eigenvalue weighted by molar-refractivity contribution is 0.803. The third kappa shape index (κ3) is 1.82. The molecule has 0 aliphatic heterocycles. The van der Waals surface area contributed by atoms with E-state index in [-0.39, 0.29) is 11.4 Å². The maximum absolute atomic E-state index is 12.1. The Morgan fingerprint density at radius 2 is 2.00 bits per heavy atom. The van der Waals surface area contributed by atoms with E-state index in [1.165, 1.54) is 15.2 Å². The summed E-state index contributed by atoms with van der Waals surface area (Å²) in [4.78, 5) is 12.1. The van der Waals surface area contributed by atoms with Crippen LogP contribution in [-0.4, -0.2) is 9.13 Å². The average Bonchev–Trinajstić information content (AvgIpc) is 2.54. The van der Waals surface area contributed by atoms with Gasteiger partial charge in [-0.15, -0.1) is 0 Å². The molecule has 0 bridgehead atoms. The molecule has 18 heavy (non-hydrogen) atoms. The molecule has 2 rings (SSSR count). The lowest BCUT2D eigenvalue weighted by Gasteiger charge is -2.05. The van der Waals surface area contributed by atoms with Crippen LogP contribution >= 0.6 is 23.2 Å². The van der Waals surface area contributed by atoms with Gasteiger partial charge in [-0.1, -0.05) is 23.2 Å². The van der Waals surface area contributed by atoms with Crippen LogP contribution < -0.4 is 5.69 Å². The Morgan fingerprint density at radius 1 is 1.33 bits per heavy atom. The number of hydrogen-bond acceptors (Lipinski definition) is 2. The smallest absolute Gasteiger partial charge is 0.298 e. The average molecular weight is 282 g/mol. The fourth-order valence-corrected chi connectivity index (χ4v) is 2.22. The van der Waals surface area contributed by atoms with Gasteiger partial charge in [-0.05, 0) is 25.1 Å². The van der Waals surface area contributed by atoms with Crippen molar-refractivity contribution >= 4 is 23.2 Å². The quantitative estimate of drug-likeness (QED) is 0.807. The third-order valence-electron chi connectivity index (χ3n) is 2.80. The second kappa shape index (κ2) is 4.52. The van der Waals surface area contributed by atoms with E-state index in [0.717, 1.165) is 0 Å². The molecule has 0 atom stereocenters. The largest absolute Gasteiger partial charge is 0.333 e. The van der Waals surface area contributed by atoms with Crippen LogP contribution in [0.25, 0.3) is 5.69 Å². The molecule has 4 nitrogen and oxygen atoms in total. The second-order valence-corrected chi connectivity index (χ2v) is 4.66. The standard InChI is InChI=1S/C12H9Cl2N3O/c1-7-11(6-15)17(12(18)16(7)2)10-4-3-8(13)5-9(10)14/h3-5H,1-2H3. The van der Waals surface area contributed by atoms with E-state index < -0.39 is 0 Å². The molecule has 0 unspecified atom stereocenters. The molecule has 0 fully saturated rings. The van der Waals surface area contributed by atoms with Crippen molar-refractivity contribution in [2.75, 3.05) is 0 Å². The van der Waals surface area contributed by atoms with E-state index in [2.05, 4.69) is 0 Å². The van der Waals surface area contributed by atoms with E-state index in [1.807, 2.05) is 6.07 Å². The summed E-state index contributed by atoms with van der Waals surface area (Å²) < 4.78 is 2.69. The fourth-order valence-electron chi connectivity index (χ4n) is 1.73. The van der Waals surface area contributed by atoms with Crippen LogP contribution in [0.1, 0.15) is 11.4 Å². The van der Waals surface area contributed by atoms with Crippen molar-refractivity contribution in [3.63, 3.8) is 0 Å². The Balaban J connectivity index is 2.84. The molecule has 1 heterocycles. The zero-order chi connectivity index (χ0) is 13.4. The molecule has 6 heteroatoms. The number of hydrogen-bond donors (Lipinski definition) is 0. The predicted molar refractivity (Wildman–Crippen MR) is 70.5 cm³/mol. The van der Waals surface area contributed by atoms with E-state index in [4.69, 9.17) is 28.5 Å². The number of rotatable bonds is 1. The minimum Gasteiger partial charge on any atom is -0.298 e. The zero-order valence-electron chi connectivity index (χ0n) is 9.74. The van der Waals surface area contributed by atoms with Crippen LogP contribution in [-0.2, 0) is 7.05 Å². The van der Waals surface area contributed by atoms with Crippen LogP contribution in [0.15, 0.2) is 23.0 Å². The van der Waals surface area contributed by atoms with Crippen molar-refractivity contribution in [1.29, 1.82) is 5.26 Å². The third-order valence-corrected chi connectivity index (χ3v) is 3.34. The van der Waals surface area contributed by atoms with Gasteiger partial charge in [-0.3, -0.25) is 4.57 Å². The van der Waals surface area contributed by atoms with Crippen molar-refractivity contribution in [3.05, 3.63) is 50.1 Å². The Morgan fingerprint density at radius 3 is 2.56 bits per heavy atom. The van der Waals surface area contributed by atoms with Crippen molar-refractivity contribution in [2.24, 2.45) is 7.05 Å². The van der Waals surface area contributed by atoms with Gasteiger partial charge in [-0.25, -0.2) is 9.36 Å². The van der Waals surface area contributed by atoms with Gasteiger partial charge in [0, 0.05) is 12.1 Å². The fraction of sp³-hybridized carbons (Fsp3) is 0.167. The maximum Gasteiger partial charge on any atom is 0.333 e. The summed E-state index contributed by atoms with van der Waals surface area (Å²) in [6.07, 6.45) is 0. The van der Waals surface area contributed by atoms with Gasteiger partial charge >= 0.3 is 5.69 Å². The SMILES string of the molecule is Cc1c(C#N)n(-c2ccc(Cl)cc2Cl)c(=O)n1C. The first kappa shape index (κ1) is 12.7. The van der Waals surface area contributed by atoms with Gasteiger partial charge in [0.15, 0.2) is 0 Å². The summed E-state index contributed by atoms with van der Waals surface area (Å²) in [5.41, 5.74) is 1.000. The molecule has 1 aromatic carbocycles. The number of imidazole rings is 1. The lowest BCUT2D eigenvalue weighted by atomic mass is 10.3. The van der Waals surface area contributed by atoms with Crippen LogP contribution in [0, 0.1) is 18.3 Å². The minimum atomic E-state index is -0.312. The zero-order valence-corrected chi connectivity index (χ0v) is 11.2. The number of nitrogens with zero attached hydrogens (tertiary/aromatic N) is 3. The van der Waals surface area contributed by atoms with Gasteiger partial charge in [0.05, 0.1) is 16.4 Å². The monoisotopic (exact) mass is 281 g/mol. The molecule has 0 aliphatic rings. The summed E-state index contributed by atoms with van der Waals surface area (Å²) in [5, 5.41) is 9.95. The highest BCUT2D eigenvalue weighted by Crippen LogP contribution is 2.25. The van der Waals surface area contributed by atoms with Gasteiger partial charge < -0.3 is 0 Å². The Bertz CT molecular complexity index is 722. The van der Waals surface area contributed by atoms with E-state index in [1.54, 1.807) is 26.1 Å². The minimum absolute atomic E-state index is 0.270. The molecule has 0 saturated heterocycles. The Hall–Kier alpha value is -1.70. The highest BCUT2D eigenvalue weighted by Gasteiger charge is 2.17. The summed E-state index contributed by atoms with van der Waals surface area (Å²) in [6, 6.07) is 6.79. The Labute approximate surface area is 114 Å². The van der Waals surface area contributed by atoms with E-state index in [9.17, 15) is 4.79 Å². The van der Waals surface area contributed by atoms with Crippen LogP contribution in [0.2, 0.25) is 10.0 Å². The summed E-state index contributed by atoms with van der Waals surface area (Å²) >= 11 is 11.9. The molecule has 0 radical (unpaired) electrons. The molecule has 0 saturated carbocycles. The normalized spacial score (nSPS) is 10.4. The van der Waals surface area contributed by atoms with E-state index in [0.29, 0.717) is 21.4 Å². The number of halogens is 2. The summed E-state index contributed by atoms with van der Waals surface area (Å²) in [6.45, 7) is 1.71. The first-order valence-electron chi connectivity index (χ1n) is 5.11. The van der Waals surface area contributed by atoms with Crippen LogP contribution in [0.5, 0.6) is 0 Å². The lowest BCUT2D eigenvalue weighted by Crippen LogP contribution is -2.22. The van der Waals surface area contributed by atoms with E-state index >= 15 is 0 Å². The van der Waals surface area contributed by atoms with Gasteiger partial charge in [0.1, 0.15) is 11.8 Å². The molecule has 2 aromatic rings. The number of nitriles is 1. The molecule has 0 amide bonds. The van der Waals surface area contributed by atoms with Crippen molar-refractivity contribution in [2.45, 2.75) is 6.92 Å². The molecule has 0 N–H and O–H groups in total. The summed E-state index contributed by atoms with van der Waals surface area (Å²) in [5.74, 6) is 0. The highest BCUT2D eigenvalue weighted by molar-refractivity contribution is 6.35. The topological polar surface area (TPSA) is 50.7 Å². The second-order valence-electron chi connectivity index (χ2n) is 3.82. The molecular weight excluding hydrogens is 273 g/mol. The van der Waals surface area contributed by atoms with Crippen LogP contribution in [0.3, 0.4) is 0 Å².